The summed E-state index contributed by atoms with van der Waals surface area (Å²) in [5.74, 6) is 0. The summed E-state index contributed by atoms with van der Waals surface area (Å²) >= 11 is 0. The quantitative estimate of drug-likeness (QED) is 0.173. The fraction of sp³-hybridized carbons (Fsp3) is 0.194. The molecule has 362 valence electrons. The molecule has 2 heterocycles. The van der Waals surface area contributed by atoms with Crippen LogP contribution < -0.4 is 9.80 Å². The van der Waals surface area contributed by atoms with E-state index < -0.39 is 10.8 Å². The van der Waals surface area contributed by atoms with Gasteiger partial charge in [0.25, 0.3) is 0 Å². The highest BCUT2D eigenvalue weighted by atomic mass is 15.2. The summed E-state index contributed by atoms with van der Waals surface area (Å²) in [6.45, 7) is 31.6. The van der Waals surface area contributed by atoms with Crippen LogP contribution in [-0.2, 0) is 21.7 Å². The normalized spacial score (nSPS) is 17.5. The molecule has 0 N–H and O–H groups in total. The highest BCUT2D eigenvalue weighted by molar-refractivity contribution is 6.02. The second-order valence-electron chi connectivity index (χ2n) is 23.9. The lowest BCUT2D eigenvalue weighted by molar-refractivity contribution is 0.590. The number of rotatable bonds is 4. The number of nitrogens with zero attached hydrogens (tertiary/aromatic N) is 2. The number of para-hydroxylation sites is 2. The largest absolute Gasteiger partial charge is 0.310 e. The molecule has 2 spiro atoms. The molecule has 74 heavy (non-hydrogen) atoms. The molecular formula is C72H64N2. The first-order valence-electron chi connectivity index (χ1n) is 26.5. The standard InChI is InChI=1S/C72H64N2/c1-43(2)47-23-33-53-55-42-63-56(41-62(55)71(60(53)39-47)57-17-13-16-20-66(57)74(68-38-46(6)21-35-59(68)71)52-31-27-50(28-32-52)70(10,11)12)54-34-24-48(44(3)4)40-61(54)72(63)58-18-14-15-19-65(58)73(67-36-22-45(5)37-64(67)72)51-29-25-49(26-30-51)69(7,8)9/h13-42H,1,3H2,2,4-12H3. The highest BCUT2D eigenvalue weighted by Gasteiger charge is 2.56. The van der Waals surface area contributed by atoms with Crippen LogP contribution in [-0.4, -0.2) is 0 Å². The van der Waals surface area contributed by atoms with E-state index in [4.69, 9.17) is 0 Å². The lowest BCUT2D eigenvalue weighted by atomic mass is 9.62. The number of hydrogen-bond acceptors (Lipinski definition) is 2. The minimum Gasteiger partial charge on any atom is -0.310 e. The third-order valence-corrected chi connectivity index (χ3v) is 17.1. The van der Waals surface area contributed by atoms with Crippen LogP contribution in [0.15, 0.2) is 195 Å². The van der Waals surface area contributed by atoms with Crippen molar-refractivity contribution in [2.24, 2.45) is 0 Å². The van der Waals surface area contributed by atoms with Crippen molar-refractivity contribution in [3.8, 4) is 22.3 Å². The van der Waals surface area contributed by atoms with Crippen LogP contribution in [0, 0.1) is 13.8 Å². The summed E-state index contributed by atoms with van der Waals surface area (Å²) in [5.41, 5.74) is 30.8. The van der Waals surface area contributed by atoms with Gasteiger partial charge < -0.3 is 9.80 Å². The summed E-state index contributed by atoms with van der Waals surface area (Å²) < 4.78 is 0. The summed E-state index contributed by atoms with van der Waals surface area (Å²) in [5, 5.41) is 0. The molecule has 2 unspecified atom stereocenters. The molecule has 4 aliphatic rings. The van der Waals surface area contributed by atoms with Crippen molar-refractivity contribution < 1.29 is 0 Å². The van der Waals surface area contributed by atoms with E-state index in [0.717, 1.165) is 33.6 Å². The molecular weight excluding hydrogens is 893 g/mol. The Morgan fingerprint density at radius 3 is 1.22 bits per heavy atom. The van der Waals surface area contributed by atoms with E-state index in [9.17, 15) is 0 Å². The van der Waals surface area contributed by atoms with E-state index in [1.54, 1.807) is 0 Å². The number of allylic oxidation sites excluding steroid dienone is 2. The van der Waals surface area contributed by atoms with Crippen LogP contribution in [0.3, 0.4) is 0 Å². The Morgan fingerprint density at radius 1 is 0.351 bits per heavy atom. The smallest absolute Gasteiger partial charge is 0.0754 e. The Bertz CT molecular complexity index is 3890. The molecule has 0 bridgehead atoms. The van der Waals surface area contributed by atoms with Crippen molar-refractivity contribution in [1.29, 1.82) is 0 Å². The van der Waals surface area contributed by atoms with Gasteiger partial charge in [0.15, 0.2) is 0 Å². The number of benzene rings is 9. The molecule has 9 aromatic carbocycles. The van der Waals surface area contributed by atoms with Gasteiger partial charge in [-0.1, -0.05) is 181 Å². The van der Waals surface area contributed by atoms with Crippen LogP contribution in [0.5, 0.6) is 0 Å². The molecule has 0 radical (unpaired) electrons. The SMILES string of the molecule is C=C(C)c1ccc2c(c1)C1(c3cc4c(cc3-2)C2(c3cc(C(=C)C)ccc3-4)c3ccccc3N(c3ccc(C(C)(C)C)cc3)c3ccc(C)cc32)c2ccccc2N(c2ccc(C(C)(C)C)cc2)c2cc(C)ccc21. The molecule has 13 rings (SSSR count). The van der Waals surface area contributed by atoms with E-state index in [1.807, 2.05) is 0 Å². The van der Waals surface area contributed by atoms with Crippen molar-refractivity contribution in [1.82, 2.24) is 0 Å². The molecule has 0 amide bonds. The molecule has 2 nitrogen and oxygen atoms in total. The molecule has 2 aliphatic carbocycles. The van der Waals surface area contributed by atoms with Crippen molar-refractivity contribution in [3.63, 3.8) is 0 Å². The van der Waals surface area contributed by atoms with Gasteiger partial charge in [-0.2, -0.15) is 0 Å². The van der Waals surface area contributed by atoms with E-state index in [2.05, 4.69) is 274 Å². The zero-order valence-electron chi connectivity index (χ0n) is 44.6. The average Bonchev–Trinajstić information content (AvgIpc) is 3.82. The van der Waals surface area contributed by atoms with E-state index in [1.165, 1.54) is 112 Å². The zero-order valence-corrected chi connectivity index (χ0v) is 44.6. The van der Waals surface area contributed by atoms with Crippen molar-refractivity contribution in [2.75, 3.05) is 9.80 Å². The lowest BCUT2D eigenvalue weighted by Gasteiger charge is -2.46. The van der Waals surface area contributed by atoms with Crippen LogP contribution >= 0.6 is 0 Å². The number of hydrogen-bond donors (Lipinski definition) is 0. The maximum atomic E-state index is 4.54. The Morgan fingerprint density at radius 2 is 0.743 bits per heavy atom. The summed E-state index contributed by atoms with van der Waals surface area (Å²) in [6.07, 6.45) is 0. The number of aryl methyl sites for hydroxylation is 2. The average molecular weight is 957 g/mol. The fourth-order valence-electron chi connectivity index (χ4n) is 13.4. The summed E-state index contributed by atoms with van der Waals surface area (Å²) in [4.78, 5) is 5.03. The second kappa shape index (κ2) is 15.8. The van der Waals surface area contributed by atoms with Gasteiger partial charge >= 0.3 is 0 Å². The minimum absolute atomic E-state index is 0.0387. The van der Waals surface area contributed by atoms with Crippen molar-refractivity contribution >= 4 is 45.3 Å². The summed E-state index contributed by atoms with van der Waals surface area (Å²) in [6, 6.07) is 70.9. The van der Waals surface area contributed by atoms with Crippen LogP contribution in [0.25, 0.3) is 33.4 Å². The van der Waals surface area contributed by atoms with Gasteiger partial charge in [0.05, 0.1) is 33.6 Å². The maximum Gasteiger partial charge on any atom is 0.0754 e. The van der Waals surface area contributed by atoms with Gasteiger partial charge in [-0.15, -0.1) is 0 Å². The van der Waals surface area contributed by atoms with Crippen LogP contribution in [0.2, 0.25) is 0 Å². The number of fused-ring (bicyclic) bond motifs is 18. The van der Waals surface area contributed by atoms with Gasteiger partial charge in [-0.25, -0.2) is 0 Å². The van der Waals surface area contributed by atoms with Gasteiger partial charge in [0.1, 0.15) is 0 Å². The lowest BCUT2D eigenvalue weighted by Crippen LogP contribution is -2.37. The molecule has 9 aromatic rings. The van der Waals surface area contributed by atoms with E-state index >= 15 is 0 Å². The predicted octanol–water partition coefficient (Wildman–Crippen LogP) is 19.3. The van der Waals surface area contributed by atoms with Crippen molar-refractivity contribution in [3.05, 3.63) is 273 Å². The second-order valence-corrected chi connectivity index (χ2v) is 23.9. The molecule has 2 atom stereocenters. The zero-order chi connectivity index (χ0) is 51.4. The van der Waals surface area contributed by atoms with Crippen LogP contribution in [0.4, 0.5) is 34.1 Å². The molecule has 0 aromatic heterocycles. The molecule has 0 saturated carbocycles. The van der Waals surface area contributed by atoms with Gasteiger partial charge in [-0.3, -0.25) is 0 Å². The summed E-state index contributed by atoms with van der Waals surface area (Å²) in [7, 11) is 0. The molecule has 2 aliphatic heterocycles. The highest BCUT2D eigenvalue weighted by Crippen LogP contribution is 2.69. The van der Waals surface area contributed by atoms with Gasteiger partial charge in [0.2, 0.25) is 0 Å². The van der Waals surface area contributed by atoms with Crippen molar-refractivity contribution in [2.45, 2.75) is 90.9 Å². The molecule has 0 fully saturated rings. The Hall–Kier alpha value is -7.94. The van der Waals surface area contributed by atoms with Gasteiger partial charge in [0, 0.05) is 11.4 Å². The first-order valence-corrected chi connectivity index (χ1v) is 26.5. The molecule has 2 heteroatoms. The monoisotopic (exact) mass is 957 g/mol. The van der Waals surface area contributed by atoms with Gasteiger partial charge in [-0.05, 0) is 206 Å². The Kier molecular flexibility index (Phi) is 9.79. The topological polar surface area (TPSA) is 6.48 Å². The number of anilines is 6. The third kappa shape index (κ3) is 6.24. The third-order valence-electron chi connectivity index (χ3n) is 17.1. The Labute approximate surface area is 439 Å². The van der Waals surface area contributed by atoms with Crippen LogP contribution in [0.1, 0.15) is 133 Å². The maximum absolute atomic E-state index is 4.54. The minimum atomic E-state index is -0.659. The van der Waals surface area contributed by atoms with E-state index in [0.29, 0.717) is 0 Å². The Balaban J connectivity index is 1.14. The fourth-order valence-corrected chi connectivity index (χ4v) is 13.4. The van der Waals surface area contributed by atoms with E-state index in [-0.39, 0.29) is 10.8 Å². The predicted molar refractivity (Wildman–Crippen MR) is 314 cm³/mol. The first kappa shape index (κ1) is 45.9. The molecule has 0 saturated heterocycles. The first-order chi connectivity index (χ1) is 35.4.